The van der Waals surface area contributed by atoms with Gasteiger partial charge in [-0.1, -0.05) is 12.1 Å². The van der Waals surface area contributed by atoms with Gasteiger partial charge in [0.1, 0.15) is 0 Å². The molecular weight excluding hydrogens is 264 g/mol. The molecule has 0 spiro atoms. The molecule has 2 fully saturated rings. The summed E-state index contributed by atoms with van der Waals surface area (Å²) < 4.78 is 5.29. The molecule has 1 aliphatic carbocycles. The Morgan fingerprint density at radius 3 is 2.95 bits per heavy atom. The van der Waals surface area contributed by atoms with Crippen LogP contribution in [0, 0.1) is 11.8 Å². The predicted octanol–water partition coefficient (Wildman–Crippen LogP) is 1.61. The van der Waals surface area contributed by atoms with Gasteiger partial charge in [0.25, 0.3) is 0 Å². The maximum absolute atomic E-state index is 6.14. The molecule has 0 bridgehead atoms. The third-order valence-corrected chi connectivity index (χ3v) is 4.33. The fraction of sp³-hybridized carbons (Fsp3) is 0.846. The SMILES string of the molecule is CCCc1noc(CN2CC3CCC(N)C3C2)n1.Cl. The fourth-order valence-corrected chi connectivity index (χ4v) is 3.40. The Labute approximate surface area is 120 Å². The van der Waals surface area contributed by atoms with Gasteiger partial charge in [-0.15, -0.1) is 12.4 Å². The van der Waals surface area contributed by atoms with Crippen LogP contribution >= 0.6 is 12.4 Å². The topological polar surface area (TPSA) is 68.2 Å². The van der Waals surface area contributed by atoms with E-state index in [1.807, 2.05) is 0 Å². The smallest absolute Gasteiger partial charge is 0.240 e. The Kier molecular flexibility index (Phi) is 4.81. The summed E-state index contributed by atoms with van der Waals surface area (Å²) >= 11 is 0. The highest BCUT2D eigenvalue weighted by Gasteiger charge is 2.41. The molecule has 3 rings (SSSR count). The largest absolute Gasteiger partial charge is 0.338 e. The molecule has 0 radical (unpaired) electrons. The zero-order chi connectivity index (χ0) is 12.5. The molecule has 3 atom stereocenters. The molecule has 2 N–H and O–H groups in total. The zero-order valence-electron chi connectivity index (χ0n) is 11.4. The molecule has 5 nitrogen and oxygen atoms in total. The molecule has 3 unspecified atom stereocenters. The van der Waals surface area contributed by atoms with Crippen LogP contribution in [0.15, 0.2) is 4.52 Å². The fourth-order valence-electron chi connectivity index (χ4n) is 3.40. The van der Waals surface area contributed by atoms with Crippen LogP contribution in [-0.2, 0) is 13.0 Å². The monoisotopic (exact) mass is 286 g/mol. The zero-order valence-corrected chi connectivity index (χ0v) is 12.2. The lowest BCUT2D eigenvalue weighted by Gasteiger charge is -2.15. The highest BCUT2D eigenvalue weighted by atomic mass is 35.5. The summed E-state index contributed by atoms with van der Waals surface area (Å²) in [5.74, 6) is 3.07. The average Bonchev–Trinajstić information content (AvgIpc) is 3.00. The highest BCUT2D eigenvalue weighted by molar-refractivity contribution is 5.85. The first-order valence-corrected chi connectivity index (χ1v) is 7.05. The lowest BCUT2D eigenvalue weighted by Crippen LogP contribution is -2.30. The van der Waals surface area contributed by atoms with E-state index in [1.54, 1.807) is 0 Å². The van der Waals surface area contributed by atoms with Crippen LogP contribution in [0.2, 0.25) is 0 Å². The highest BCUT2D eigenvalue weighted by Crippen LogP contribution is 2.37. The minimum atomic E-state index is 0. The van der Waals surface area contributed by atoms with Gasteiger partial charge in [-0.05, 0) is 31.1 Å². The number of likely N-dealkylation sites (tertiary alicyclic amines) is 1. The van der Waals surface area contributed by atoms with Crippen molar-refractivity contribution in [2.45, 2.75) is 45.2 Å². The molecule has 6 heteroatoms. The molecule has 2 heterocycles. The van der Waals surface area contributed by atoms with Crippen molar-refractivity contribution in [1.29, 1.82) is 0 Å². The van der Waals surface area contributed by atoms with Crippen LogP contribution in [0.3, 0.4) is 0 Å². The lowest BCUT2D eigenvalue weighted by molar-refractivity contribution is 0.249. The van der Waals surface area contributed by atoms with E-state index in [2.05, 4.69) is 22.0 Å². The number of aromatic nitrogens is 2. The van der Waals surface area contributed by atoms with Gasteiger partial charge in [-0.3, -0.25) is 4.90 Å². The van der Waals surface area contributed by atoms with Crippen molar-refractivity contribution in [3.05, 3.63) is 11.7 Å². The minimum absolute atomic E-state index is 0. The standard InChI is InChI=1S/C13H22N4O.ClH/c1-2-3-12-15-13(18-16-12)8-17-6-9-4-5-11(14)10(9)7-17;/h9-11H,2-8,14H2,1H3;1H. The van der Waals surface area contributed by atoms with E-state index in [0.717, 1.165) is 50.1 Å². The number of hydrogen-bond donors (Lipinski definition) is 1. The maximum Gasteiger partial charge on any atom is 0.240 e. The van der Waals surface area contributed by atoms with Crippen molar-refractivity contribution in [3.8, 4) is 0 Å². The predicted molar refractivity (Wildman–Crippen MR) is 75.0 cm³/mol. The summed E-state index contributed by atoms with van der Waals surface area (Å²) in [6, 6.07) is 0.401. The second-order valence-corrected chi connectivity index (χ2v) is 5.71. The number of nitrogens with zero attached hydrogens (tertiary/aromatic N) is 3. The third kappa shape index (κ3) is 3.09. The molecule has 2 aliphatic rings. The molecule has 1 aromatic rings. The van der Waals surface area contributed by atoms with Gasteiger partial charge in [0.15, 0.2) is 5.82 Å². The summed E-state index contributed by atoms with van der Waals surface area (Å²) in [5, 5.41) is 4.00. The number of halogens is 1. The van der Waals surface area contributed by atoms with Crippen LogP contribution in [-0.4, -0.2) is 34.2 Å². The van der Waals surface area contributed by atoms with Crippen molar-refractivity contribution >= 4 is 12.4 Å². The van der Waals surface area contributed by atoms with E-state index in [1.165, 1.54) is 12.8 Å². The first-order chi connectivity index (χ1) is 8.76. The van der Waals surface area contributed by atoms with Crippen molar-refractivity contribution in [1.82, 2.24) is 15.0 Å². The van der Waals surface area contributed by atoms with Crippen LogP contribution in [0.25, 0.3) is 0 Å². The van der Waals surface area contributed by atoms with Crippen LogP contribution < -0.4 is 5.73 Å². The summed E-state index contributed by atoms with van der Waals surface area (Å²) in [6.07, 6.45) is 4.44. The van der Waals surface area contributed by atoms with Crippen LogP contribution in [0.4, 0.5) is 0 Å². The van der Waals surface area contributed by atoms with Gasteiger partial charge in [0, 0.05) is 25.6 Å². The summed E-state index contributed by atoms with van der Waals surface area (Å²) in [6.45, 7) is 5.15. The van der Waals surface area contributed by atoms with Gasteiger partial charge in [0.2, 0.25) is 5.89 Å². The van der Waals surface area contributed by atoms with Crippen LogP contribution in [0.1, 0.15) is 37.9 Å². The van der Waals surface area contributed by atoms with Crippen molar-refractivity contribution in [3.63, 3.8) is 0 Å². The minimum Gasteiger partial charge on any atom is -0.338 e. The van der Waals surface area contributed by atoms with Crippen molar-refractivity contribution < 1.29 is 4.52 Å². The number of hydrogen-bond acceptors (Lipinski definition) is 5. The first-order valence-electron chi connectivity index (χ1n) is 7.05. The van der Waals surface area contributed by atoms with E-state index in [9.17, 15) is 0 Å². The lowest BCUT2D eigenvalue weighted by atomic mass is 9.98. The first kappa shape index (κ1) is 14.8. The molecule has 108 valence electrons. The number of rotatable bonds is 4. The average molecular weight is 287 g/mol. The molecule has 1 saturated heterocycles. The second-order valence-electron chi connectivity index (χ2n) is 5.71. The van der Waals surface area contributed by atoms with E-state index < -0.39 is 0 Å². The third-order valence-electron chi connectivity index (χ3n) is 4.33. The quantitative estimate of drug-likeness (QED) is 0.911. The number of nitrogens with two attached hydrogens (primary N) is 1. The normalized spacial score (nSPS) is 30.3. The Bertz CT molecular complexity index is 411. The van der Waals surface area contributed by atoms with E-state index >= 15 is 0 Å². The molecular formula is C13H23ClN4O. The summed E-state index contributed by atoms with van der Waals surface area (Å²) in [5.41, 5.74) is 6.14. The van der Waals surface area contributed by atoms with Crippen molar-refractivity contribution in [2.24, 2.45) is 17.6 Å². The molecule has 1 aromatic heterocycles. The Balaban J connectivity index is 0.00000133. The maximum atomic E-state index is 6.14. The molecule has 0 aromatic carbocycles. The molecule has 1 aliphatic heterocycles. The van der Waals surface area contributed by atoms with Gasteiger partial charge >= 0.3 is 0 Å². The van der Waals surface area contributed by atoms with Gasteiger partial charge in [-0.25, -0.2) is 0 Å². The van der Waals surface area contributed by atoms with Gasteiger partial charge < -0.3 is 10.3 Å². The molecule has 1 saturated carbocycles. The number of fused-ring (bicyclic) bond motifs is 1. The van der Waals surface area contributed by atoms with E-state index in [0.29, 0.717) is 12.0 Å². The Hall–Kier alpha value is -0.650. The van der Waals surface area contributed by atoms with E-state index in [4.69, 9.17) is 10.3 Å². The summed E-state index contributed by atoms with van der Waals surface area (Å²) in [7, 11) is 0. The Morgan fingerprint density at radius 2 is 2.21 bits per heavy atom. The molecule has 0 amide bonds. The molecule has 19 heavy (non-hydrogen) atoms. The summed E-state index contributed by atoms with van der Waals surface area (Å²) in [4.78, 5) is 6.84. The Morgan fingerprint density at radius 1 is 1.37 bits per heavy atom. The van der Waals surface area contributed by atoms with Gasteiger partial charge in [0.05, 0.1) is 6.54 Å². The van der Waals surface area contributed by atoms with Gasteiger partial charge in [-0.2, -0.15) is 4.98 Å². The van der Waals surface area contributed by atoms with Crippen LogP contribution in [0.5, 0.6) is 0 Å². The van der Waals surface area contributed by atoms with Crippen molar-refractivity contribution in [2.75, 3.05) is 13.1 Å². The second kappa shape index (κ2) is 6.20. The van der Waals surface area contributed by atoms with E-state index in [-0.39, 0.29) is 12.4 Å². The number of aryl methyl sites for hydroxylation is 1.